The minimum atomic E-state index is -0.903. The molecule has 2 N–H and O–H groups in total. The number of nitro groups is 1. The highest BCUT2D eigenvalue weighted by molar-refractivity contribution is 5.66. The molecule has 0 fully saturated rings. The first-order valence-corrected chi connectivity index (χ1v) is 9.00. The second-order valence-electron chi connectivity index (χ2n) is 6.34. The van der Waals surface area contributed by atoms with Crippen molar-refractivity contribution in [3.05, 3.63) is 10.1 Å². The molecule has 0 aromatic rings. The molecule has 140 valence electrons. The van der Waals surface area contributed by atoms with E-state index in [1.165, 1.54) is 0 Å². The lowest BCUT2D eigenvalue weighted by Crippen LogP contribution is -2.19. The van der Waals surface area contributed by atoms with Crippen molar-refractivity contribution in [1.29, 1.82) is 0 Å². The third kappa shape index (κ3) is 15.2. The zero-order chi connectivity index (χ0) is 18.2. The number of carbonyl (C=O) groups is 2. The Labute approximate surface area is 143 Å². The van der Waals surface area contributed by atoms with Crippen LogP contribution in [0, 0.1) is 10.1 Å². The van der Waals surface area contributed by atoms with Crippen molar-refractivity contribution in [3.63, 3.8) is 0 Å². The third-order valence-corrected chi connectivity index (χ3v) is 4.15. The molecule has 0 spiro atoms. The summed E-state index contributed by atoms with van der Waals surface area (Å²) in [6, 6.07) is -0.612. The van der Waals surface area contributed by atoms with E-state index in [4.69, 9.17) is 10.2 Å². The van der Waals surface area contributed by atoms with Crippen molar-refractivity contribution in [2.24, 2.45) is 0 Å². The molecule has 1 unspecified atom stereocenters. The lowest BCUT2D eigenvalue weighted by atomic mass is 10.0. The van der Waals surface area contributed by atoms with Gasteiger partial charge in [0.05, 0.1) is 0 Å². The molecule has 0 aliphatic carbocycles. The van der Waals surface area contributed by atoms with Gasteiger partial charge in [-0.1, -0.05) is 44.9 Å². The monoisotopic (exact) mass is 345 g/mol. The summed E-state index contributed by atoms with van der Waals surface area (Å²) in [4.78, 5) is 31.4. The van der Waals surface area contributed by atoms with Crippen LogP contribution in [-0.2, 0) is 9.59 Å². The van der Waals surface area contributed by atoms with E-state index in [2.05, 4.69) is 0 Å². The Hall–Kier alpha value is -1.66. The van der Waals surface area contributed by atoms with E-state index in [0.717, 1.165) is 57.8 Å². The normalized spacial score (nSPS) is 12.0. The van der Waals surface area contributed by atoms with Crippen molar-refractivity contribution in [3.8, 4) is 0 Å². The molecule has 0 amide bonds. The van der Waals surface area contributed by atoms with Crippen LogP contribution >= 0.6 is 0 Å². The smallest absolute Gasteiger partial charge is 0.303 e. The second kappa shape index (κ2) is 14.9. The minimum Gasteiger partial charge on any atom is -0.481 e. The Kier molecular flexibility index (Phi) is 13.9. The fraction of sp³-hybridized carbons (Fsp3) is 0.882. The first-order chi connectivity index (χ1) is 11.4. The molecule has 7 heteroatoms. The number of rotatable bonds is 17. The van der Waals surface area contributed by atoms with Crippen LogP contribution in [0.5, 0.6) is 0 Å². The summed E-state index contributed by atoms with van der Waals surface area (Å²) >= 11 is 0. The van der Waals surface area contributed by atoms with Gasteiger partial charge in [0.2, 0.25) is 6.04 Å². The van der Waals surface area contributed by atoms with Crippen LogP contribution in [0.4, 0.5) is 0 Å². The number of carboxylic acid groups (broad SMARTS) is 2. The van der Waals surface area contributed by atoms with Crippen LogP contribution in [0.3, 0.4) is 0 Å². The fourth-order valence-corrected chi connectivity index (χ4v) is 2.74. The zero-order valence-corrected chi connectivity index (χ0v) is 14.5. The van der Waals surface area contributed by atoms with E-state index < -0.39 is 18.0 Å². The van der Waals surface area contributed by atoms with Gasteiger partial charge in [0.1, 0.15) is 0 Å². The van der Waals surface area contributed by atoms with Crippen molar-refractivity contribution in [2.45, 2.75) is 95.9 Å². The van der Waals surface area contributed by atoms with Crippen LogP contribution in [0.15, 0.2) is 0 Å². The van der Waals surface area contributed by atoms with Gasteiger partial charge in [0.15, 0.2) is 0 Å². The Balaban J connectivity index is 3.47. The van der Waals surface area contributed by atoms with Crippen LogP contribution < -0.4 is 0 Å². The standard InChI is InChI=1S/C17H31NO6/c19-16(20)13-9-7-5-3-1-2-4-6-8-11-15(18(23)24)12-10-14-17(21)22/h15H,1-14H2,(H,19,20)(H,21,22). The minimum absolute atomic E-state index is 0.00317. The van der Waals surface area contributed by atoms with Gasteiger partial charge in [-0.2, -0.15) is 0 Å². The molecule has 0 radical (unpaired) electrons. The molecule has 0 aromatic carbocycles. The lowest BCUT2D eigenvalue weighted by Gasteiger charge is -2.08. The Morgan fingerprint density at radius 3 is 1.54 bits per heavy atom. The number of hydrogen-bond donors (Lipinski definition) is 2. The topological polar surface area (TPSA) is 118 Å². The number of nitrogens with zero attached hydrogens (tertiary/aromatic N) is 1. The number of aliphatic carboxylic acids is 2. The van der Waals surface area contributed by atoms with Crippen molar-refractivity contribution in [2.75, 3.05) is 0 Å². The third-order valence-electron chi connectivity index (χ3n) is 4.15. The fourth-order valence-electron chi connectivity index (χ4n) is 2.74. The molecule has 0 saturated heterocycles. The predicted octanol–water partition coefficient (Wildman–Crippen LogP) is 4.26. The molecular formula is C17H31NO6. The maximum absolute atomic E-state index is 10.9. The summed E-state index contributed by atoms with van der Waals surface area (Å²) in [6.07, 6.45) is 10.5. The molecule has 0 aromatic heterocycles. The van der Waals surface area contributed by atoms with Crippen LogP contribution in [-0.4, -0.2) is 33.1 Å². The van der Waals surface area contributed by atoms with Gasteiger partial charge in [0.25, 0.3) is 0 Å². The van der Waals surface area contributed by atoms with Gasteiger partial charge in [-0.25, -0.2) is 0 Å². The van der Waals surface area contributed by atoms with Crippen LogP contribution in [0.2, 0.25) is 0 Å². The van der Waals surface area contributed by atoms with Crippen molar-refractivity contribution in [1.82, 2.24) is 0 Å². The summed E-state index contributed by atoms with van der Waals surface area (Å²) < 4.78 is 0. The van der Waals surface area contributed by atoms with Gasteiger partial charge in [-0.15, -0.1) is 0 Å². The molecule has 0 bridgehead atoms. The predicted molar refractivity (Wildman–Crippen MR) is 90.7 cm³/mol. The van der Waals surface area contributed by atoms with Crippen LogP contribution in [0.25, 0.3) is 0 Å². The van der Waals surface area contributed by atoms with Gasteiger partial charge >= 0.3 is 11.9 Å². The maximum Gasteiger partial charge on any atom is 0.303 e. The summed E-state index contributed by atoms with van der Waals surface area (Å²) in [5.74, 6) is -1.63. The van der Waals surface area contributed by atoms with Crippen LogP contribution in [0.1, 0.15) is 89.9 Å². The van der Waals surface area contributed by atoms with E-state index in [9.17, 15) is 19.7 Å². The average Bonchev–Trinajstić information content (AvgIpc) is 2.49. The zero-order valence-electron chi connectivity index (χ0n) is 14.5. The highest BCUT2D eigenvalue weighted by atomic mass is 16.6. The SMILES string of the molecule is O=C(O)CCCCCCCCCCCC(CCCC(=O)O)[N+](=O)[O-]. The number of carboxylic acids is 2. The lowest BCUT2D eigenvalue weighted by molar-refractivity contribution is -0.524. The Bertz CT molecular complexity index is 372. The summed E-state index contributed by atoms with van der Waals surface area (Å²) in [6.45, 7) is 0. The van der Waals surface area contributed by atoms with Gasteiger partial charge in [-0.05, 0) is 19.3 Å². The highest BCUT2D eigenvalue weighted by Gasteiger charge is 2.19. The molecule has 1 atom stereocenters. The van der Waals surface area contributed by atoms with E-state index >= 15 is 0 Å². The highest BCUT2D eigenvalue weighted by Crippen LogP contribution is 2.15. The first kappa shape index (κ1) is 22.3. The molecule has 0 rings (SSSR count). The molecule has 0 saturated carbocycles. The molecule has 0 heterocycles. The Morgan fingerprint density at radius 2 is 1.08 bits per heavy atom. The summed E-state index contributed by atoms with van der Waals surface area (Å²) in [5.41, 5.74) is 0. The molecule has 7 nitrogen and oxygen atoms in total. The molecule has 24 heavy (non-hydrogen) atoms. The summed E-state index contributed by atoms with van der Waals surface area (Å²) in [7, 11) is 0. The first-order valence-electron chi connectivity index (χ1n) is 9.00. The van der Waals surface area contributed by atoms with Gasteiger partial charge < -0.3 is 10.2 Å². The largest absolute Gasteiger partial charge is 0.481 e. The van der Waals surface area contributed by atoms with Crippen molar-refractivity contribution >= 4 is 11.9 Å². The second-order valence-corrected chi connectivity index (χ2v) is 6.34. The molecule has 0 aliphatic rings. The maximum atomic E-state index is 10.9. The Morgan fingerprint density at radius 1 is 0.708 bits per heavy atom. The van der Waals surface area contributed by atoms with Crippen molar-refractivity contribution < 1.29 is 24.7 Å². The molecule has 0 aliphatic heterocycles. The quantitative estimate of drug-likeness (QED) is 0.231. The number of hydrogen-bond acceptors (Lipinski definition) is 4. The molecular weight excluding hydrogens is 314 g/mol. The van der Waals surface area contributed by atoms with E-state index in [1.807, 2.05) is 0 Å². The van der Waals surface area contributed by atoms with Gasteiger partial charge in [-0.3, -0.25) is 19.7 Å². The van der Waals surface area contributed by atoms with E-state index in [0.29, 0.717) is 19.3 Å². The van der Waals surface area contributed by atoms with Gasteiger partial charge in [0, 0.05) is 30.6 Å². The average molecular weight is 345 g/mol. The van der Waals surface area contributed by atoms with E-state index in [-0.39, 0.29) is 17.8 Å². The summed E-state index contributed by atoms with van der Waals surface area (Å²) in [5, 5.41) is 28.0. The van der Waals surface area contributed by atoms with E-state index in [1.54, 1.807) is 0 Å². The number of unbranched alkanes of at least 4 members (excludes halogenated alkanes) is 8.